The third-order valence-electron chi connectivity index (χ3n) is 4.51. The second-order valence-corrected chi connectivity index (χ2v) is 7.73. The minimum Gasteiger partial charge on any atom is -0.465 e. The van der Waals surface area contributed by atoms with E-state index >= 15 is 0 Å². The van der Waals surface area contributed by atoms with E-state index in [1.54, 1.807) is 12.1 Å². The number of esters is 2. The SMILES string of the molecule is C=Cc1ccc(C(=O)OC)c(NC2CCC(C(=O)OC(C)(C)C)CC2)c1. The Kier molecular flexibility index (Phi) is 6.46. The second-order valence-electron chi connectivity index (χ2n) is 7.73. The van der Waals surface area contributed by atoms with Gasteiger partial charge in [0, 0.05) is 11.7 Å². The van der Waals surface area contributed by atoms with Crippen LogP contribution in [0.15, 0.2) is 24.8 Å². The molecular formula is C21H29NO4. The van der Waals surface area contributed by atoms with Crippen LogP contribution in [0.5, 0.6) is 0 Å². The molecule has 2 rings (SSSR count). The first kappa shape index (κ1) is 20.0. The van der Waals surface area contributed by atoms with Gasteiger partial charge in [-0.15, -0.1) is 0 Å². The Hall–Kier alpha value is -2.30. The second kappa shape index (κ2) is 8.39. The smallest absolute Gasteiger partial charge is 0.339 e. The summed E-state index contributed by atoms with van der Waals surface area (Å²) in [5.41, 5.74) is 1.73. The van der Waals surface area contributed by atoms with Crippen LogP contribution in [0.1, 0.15) is 62.4 Å². The molecule has 0 aromatic heterocycles. The number of carbonyl (C=O) groups excluding carboxylic acids is 2. The lowest BCUT2D eigenvalue weighted by atomic mass is 9.85. The number of anilines is 1. The predicted octanol–water partition coefficient (Wildman–Crippen LogP) is 4.43. The van der Waals surface area contributed by atoms with Crippen LogP contribution in [0, 0.1) is 5.92 Å². The van der Waals surface area contributed by atoms with Gasteiger partial charge < -0.3 is 14.8 Å². The maximum absolute atomic E-state index is 12.2. The van der Waals surface area contributed by atoms with E-state index in [-0.39, 0.29) is 23.9 Å². The molecule has 0 radical (unpaired) electrons. The third kappa shape index (κ3) is 5.35. The highest BCUT2D eigenvalue weighted by Gasteiger charge is 2.30. The molecule has 5 heteroatoms. The summed E-state index contributed by atoms with van der Waals surface area (Å²) < 4.78 is 10.4. The van der Waals surface area contributed by atoms with Crippen molar-refractivity contribution in [3.8, 4) is 0 Å². The lowest BCUT2D eigenvalue weighted by molar-refractivity contribution is -0.161. The number of hydrogen-bond acceptors (Lipinski definition) is 5. The van der Waals surface area contributed by atoms with Crippen LogP contribution < -0.4 is 5.32 Å². The summed E-state index contributed by atoms with van der Waals surface area (Å²) in [6.07, 6.45) is 5.00. The Morgan fingerprint density at radius 1 is 1.19 bits per heavy atom. The molecule has 1 N–H and O–H groups in total. The molecule has 0 amide bonds. The summed E-state index contributed by atoms with van der Waals surface area (Å²) in [6.45, 7) is 9.44. The lowest BCUT2D eigenvalue weighted by Gasteiger charge is -2.31. The van der Waals surface area contributed by atoms with Crippen LogP contribution in [0.2, 0.25) is 0 Å². The number of methoxy groups -OCH3 is 1. The van der Waals surface area contributed by atoms with Gasteiger partial charge in [-0.25, -0.2) is 4.79 Å². The van der Waals surface area contributed by atoms with Gasteiger partial charge in [-0.3, -0.25) is 4.79 Å². The molecule has 0 unspecified atom stereocenters. The fraction of sp³-hybridized carbons (Fsp3) is 0.524. The van der Waals surface area contributed by atoms with Crippen molar-refractivity contribution in [2.24, 2.45) is 5.92 Å². The first-order chi connectivity index (χ1) is 12.2. The molecule has 1 aliphatic carbocycles. The maximum Gasteiger partial charge on any atom is 0.339 e. The van der Waals surface area contributed by atoms with Crippen LogP contribution in [-0.2, 0) is 14.3 Å². The maximum atomic E-state index is 12.2. The van der Waals surface area contributed by atoms with Gasteiger partial charge in [-0.1, -0.05) is 18.7 Å². The normalized spacial score (nSPS) is 20.2. The van der Waals surface area contributed by atoms with Crippen molar-refractivity contribution in [3.63, 3.8) is 0 Å². The van der Waals surface area contributed by atoms with Crippen molar-refractivity contribution in [2.75, 3.05) is 12.4 Å². The molecule has 0 aliphatic heterocycles. The number of rotatable bonds is 5. The molecule has 0 bridgehead atoms. The van der Waals surface area contributed by atoms with E-state index in [1.165, 1.54) is 7.11 Å². The molecule has 1 fully saturated rings. The predicted molar refractivity (Wildman–Crippen MR) is 103 cm³/mol. The fourth-order valence-corrected chi connectivity index (χ4v) is 3.17. The monoisotopic (exact) mass is 359 g/mol. The zero-order chi connectivity index (χ0) is 19.3. The van der Waals surface area contributed by atoms with Crippen molar-refractivity contribution in [1.82, 2.24) is 0 Å². The molecule has 0 spiro atoms. The van der Waals surface area contributed by atoms with Crippen LogP contribution >= 0.6 is 0 Å². The molecule has 142 valence electrons. The largest absolute Gasteiger partial charge is 0.465 e. The number of hydrogen-bond donors (Lipinski definition) is 1. The Morgan fingerprint density at radius 3 is 2.38 bits per heavy atom. The average molecular weight is 359 g/mol. The number of carbonyl (C=O) groups is 2. The molecule has 1 aromatic rings. The molecule has 1 aromatic carbocycles. The first-order valence-corrected chi connectivity index (χ1v) is 9.07. The molecule has 5 nitrogen and oxygen atoms in total. The van der Waals surface area contributed by atoms with Crippen LogP contribution in [0.3, 0.4) is 0 Å². The van der Waals surface area contributed by atoms with Crippen molar-refractivity contribution in [3.05, 3.63) is 35.9 Å². The lowest BCUT2D eigenvalue weighted by Crippen LogP contribution is -2.34. The van der Waals surface area contributed by atoms with Crippen LogP contribution in [0.4, 0.5) is 5.69 Å². The highest BCUT2D eigenvalue weighted by Crippen LogP contribution is 2.30. The summed E-state index contributed by atoms with van der Waals surface area (Å²) in [4.78, 5) is 24.2. The van der Waals surface area contributed by atoms with E-state index in [0.717, 1.165) is 36.9 Å². The third-order valence-corrected chi connectivity index (χ3v) is 4.51. The van der Waals surface area contributed by atoms with Gasteiger partial charge in [-0.05, 0) is 64.2 Å². The molecule has 1 aliphatic rings. The Balaban J connectivity index is 2.02. The van der Waals surface area contributed by atoms with E-state index in [4.69, 9.17) is 9.47 Å². The van der Waals surface area contributed by atoms with E-state index in [1.807, 2.05) is 32.9 Å². The Bertz CT molecular complexity index is 667. The minimum absolute atomic E-state index is 0.0492. The molecular weight excluding hydrogens is 330 g/mol. The average Bonchev–Trinajstić information content (AvgIpc) is 2.60. The molecule has 1 saturated carbocycles. The van der Waals surface area contributed by atoms with Crippen molar-refractivity contribution < 1.29 is 19.1 Å². The van der Waals surface area contributed by atoms with E-state index in [9.17, 15) is 9.59 Å². The van der Waals surface area contributed by atoms with Gasteiger partial charge in [0.05, 0.1) is 18.6 Å². The van der Waals surface area contributed by atoms with Crippen LogP contribution in [-0.4, -0.2) is 30.7 Å². The summed E-state index contributed by atoms with van der Waals surface area (Å²) in [6, 6.07) is 5.69. The highest BCUT2D eigenvalue weighted by atomic mass is 16.6. The molecule has 0 atom stereocenters. The Labute approximate surface area is 155 Å². The highest BCUT2D eigenvalue weighted by molar-refractivity contribution is 5.96. The van der Waals surface area contributed by atoms with Gasteiger partial charge >= 0.3 is 11.9 Å². The first-order valence-electron chi connectivity index (χ1n) is 9.07. The summed E-state index contributed by atoms with van der Waals surface area (Å²) in [7, 11) is 1.37. The van der Waals surface area contributed by atoms with Gasteiger partial charge in [0.2, 0.25) is 0 Å². The van der Waals surface area contributed by atoms with Gasteiger partial charge in [0.1, 0.15) is 5.60 Å². The van der Waals surface area contributed by atoms with Crippen LogP contribution in [0.25, 0.3) is 6.08 Å². The minimum atomic E-state index is -0.452. The fourth-order valence-electron chi connectivity index (χ4n) is 3.17. The summed E-state index contributed by atoms with van der Waals surface area (Å²) in [5.74, 6) is -0.530. The molecule has 26 heavy (non-hydrogen) atoms. The zero-order valence-corrected chi connectivity index (χ0v) is 16.1. The number of ether oxygens (including phenoxy) is 2. The van der Waals surface area contributed by atoms with E-state index < -0.39 is 5.60 Å². The summed E-state index contributed by atoms with van der Waals surface area (Å²) >= 11 is 0. The van der Waals surface area contributed by atoms with Crippen molar-refractivity contribution in [2.45, 2.75) is 58.1 Å². The quantitative estimate of drug-likeness (QED) is 0.788. The van der Waals surface area contributed by atoms with Crippen molar-refractivity contribution >= 4 is 23.7 Å². The Morgan fingerprint density at radius 2 is 1.85 bits per heavy atom. The summed E-state index contributed by atoms with van der Waals surface area (Å²) in [5, 5.41) is 3.45. The number of benzene rings is 1. The van der Waals surface area contributed by atoms with Gasteiger partial charge in [0.15, 0.2) is 0 Å². The zero-order valence-electron chi connectivity index (χ0n) is 16.1. The molecule has 0 heterocycles. The number of nitrogens with one attached hydrogen (secondary N) is 1. The topological polar surface area (TPSA) is 64.6 Å². The van der Waals surface area contributed by atoms with Crippen molar-refractivity contribution in [1.29, 1.82) is 0 Å². The standard InChI is InChI=1S/C21H29NO4/c1-6-14-7-12-17(20(24)25-5)18(13-14)22-16-10-8-15(9-11-16)19(23)26-21(2,3)4/h6-7,12-13,15-16,22H,1,8-11H2,2-5H3. The van der Waals surface area contributed by atoms with Gasteiger partial charge in [-0.2, -0.15) is 0 Å². The van der Waals surface area contributed by atoms with E-state index in [0.29, 0.717) is 5.56 Å². The molecule has 0 saturated heterocycles. The van der Waals surface area contributed by atoms with E-state index in [2.05, 4.69) is 11.9 Å². The van der Waals surface area contributed by atoms with Gasteiger partial charge in [0.25, 0.3) is 0 Å².